The third kappa shape index (κ3) is 1.56. The predicted octanol–water partition coefficient (Wildman–Crippen LogP) is 0.417. The van der Waals surface area contributed by atoms with Gasteiger partial charge in [0, 0.05) is 0 Å². The molecular formula is C9H12N6O. The summed E-state index contributed by atoms with van der Waals surface area (Å²) in [4.78, 5) is 12.3. The van der Waals surface area contributed by atoms with Crippen LogP contribution in [-0.4, -0.2) is 31.7 Å². The Morgan fingerprint density at radius 1 is 1.38 bits per heavy atom. The van der Waals surface area contributed by atoms with Gasteiger partial charge in [0.25, 0.3) is 5.78 Å². The van der Waals surface area contributed by atoms with E-state index in [-0.39, 0.29) is 5.95 Å². The van der Waals surface area contributed by atoms with Crippen LogP contribution >= 0.6 is 0 Å². The molecule has 16 heavy (non-hydrogen) atoms. The number of aromatic nitrogens is 5. The molecule has 0 spiro atoms. The first-order valence-electron chi connectivity index (χ1n) is 4.73. The summed E-state index contributed by atoms with van der Waals surface area (Å²) in [6, 6.07) is 0. The van der Waals surface area contributed by atoms with Crippen molar-refractivity contribution < 1.29 is 4.74 Å². The minimum Gasteiger partial charge on any atom is -0.493 e. The van der Waals surface area contributed by atoms with Gasteiger partial charge in [-0.2, -0.15) is 19.5 Å². The third-order valence-electron chi connectivity index (χ3n) is 2.05. The van der Waals surface area contributed by atoms with Gasteiger partial charge in [0.1, 0.15) is 5.82 Å². The Kier molecular flexibility index (Phi) is 2.43. The SMILES string of the molecule is C/C=C(\OC)c1nc2nc(C)nc(N)n2n1. The molecular weight excluding hydrogens is 208 g/mol. The Morgan fingerprint density at radius 2 is 2.12 bits per heavy atom. The van der Waals surface area contributed by atoms with Gasteiger partial charge in [-0.3, -0.25) is 0 Å². The number of rotatable bonds is 2. The average molecular weight is 220 g/mol. The fraction of sp³-hybridized carbons (Fsp3) is 0.333. The zero-order chi connectivity index (χ0) is 11.7. The zero-order valence-electron chi connectivity index (χ0n) is 9.30. The summed E-state index contributed by atoms with van der Waals surface area (Å²) in [5.74, 6) is 2.24. The van der Waals surface area contributed by atoms with Crippen LogP contribution in [0.5, 0.6) is 0 Å². The molecule has 0 aliphatic rings. The molecule has 0 bridgehead atoms. The third-order valence-corrected chi connectivity index (χ3v) is 2.05. The van der Waals surface area contributed by atoms with Crippen LogP contribution in [-0.2, 0) is 4.74 Å². The van der Waals surface area contributed by atoms with Crippen LogP contribution in [0.4, 0.5) is 5.95 Å². The van der Waals surface area contributed by atoms with Crippen molar-refractivity contribution in [1.29, 1.82) is 0 Å². The van der Waals surface area contributed by atoms with E-state index in [0.29, 0.717) is 23.2 Å². The first-order chi connectivity index (χ1) is 7.65. The molecule has 0 saturated carbocycles. The van der Waals surface area contributed by atoms with Crippen LogP contribution in [0.15, 0.2) is 6.08 Å². The van der Waals surface area contributed by atoms with Crippen molar-refractivity contribution in [3.05, 3.63) is 17.7 Å². The Bertz CT molecular complexity index is 558. The standard InChI is InChI=1S/C9H12N6O/c1-4-6(16-3)7-13-9-12-5(2)11-8(10)15(9)14-7/h4H,1-3H3,(H2,10,11,12,13,14)/b6-4-. The maximum atomic E-state index is 5.70. The highest BCUT2D eigenvalue weighted by Gasteiger charge is 2.12. The second-order valence-electron chi connectivity index (χ2n) is 3.13. The molecule has 2 aromatic rings. The van der Waals surface area contributed by atoms with Gasteiger partial charge in [0.05, 0.1) is 7.11 Å². The lowest BCUT2D eigenvalue weighted by Crippen LogP contribution is -2.05. The number of nitrogens with zero attached hydrogens (tertiary/aromatic N) is 5. The highest BCUT2D eigenvalue weighted by molar-refractivity contribution is 5.54. The van der Waals surface area contributed by atoms with Gasteiger partial charge in [0.2, 0.25) is 11.8 Å². The van der Waals surface area contributed by atoms with Crippen molar-refractivity contribution in [3.8, 4) is 0 Å². The van der Waals surface area contributed by atoms with E-state index < -0.39 is 0 Å². The molecule has 0 aliphatic heterocycles. The van der Waals surface area contributed by atoms with Gasteiger partial charge in [0.15, 0.2) is 5.76 Å². The number of hydrogen-bond acceptors (Lipinski definition) is 6. The lowest BCUT2D eigenvalue weighted by atomic mass is 10.4. The number of aryl methyl sites for hydroxylation is 1. The number of allylic oxidation sites excluding steroid dienone is 1. The molecule has 0 amide bonds. The van der Waals surface area contributed by atoms with Crippen molar-refractivity contribution in [2.24, 2.45) is 0 Å². The molecule has 2 heterocycles. The largest absolute Gasteiger partial charge is 0.493 e. The van der Waals surface area contributed by atoms with Gasteiger partial charge in [-0.05, 0) is 19.9 Å². The number of nitrogen functional groups attached to an aromatic ring is 1. The molecule has 2 rings (SSSR count). The second kappa shape index (κ2) is 3.76. The van der Waals surface area contributed by atoms with Crippen molar-refractivity contribution >= 4 is 17.5 Å². The van der Waals surface area contributed by atoms with E-state index in [4.69, 9.17) is 10.5 Å². The number of ether oxygens (including phenoxy) is 1. The van der Waals surface area contributed by atoms with Crippen LogP contribution in [0.1, 0.15) is 18.6 Å². The normalized spacial score (nSPS) is 12.1. The number of nitrogens with two attached hydrogens (primary N) is 1. The van der Waals surface area contributed by atoms with Crippen LogP contribution in [0, 0.1) is 6.92 Å². The molecule has 0 fully saturated rings. The van der Waals surface area contributed by atoms with Gasteiger partial charge >= 0.3 is 0 Å². The molecule has 0 saturated heterocycles. The quantitative estimate of drug-likeness (QED) is 0.737. The van der Waals surface area contributed by atoms with Crippen molar-refractivity contribution in [3.63, 3.8) is 0 Å². The van der Waals surface area contributed by atoms with E-state index in [1.165, 1.54) is 4.52 Å². The number of hydrogen-bond donors (Lipinski definition) is 1. The maximum Gasteiger partial charge on any atom is 0.257 e. The number of anilines is 1. The molecule has 0 aliphatic carbocycles. The van der Waals surface area contributed by atoms with Gasteiger partial charge in [-0.15, -0.1) is 5.10 Å². The number of fused-ring (bicyclic) bond motifs is 1. The minimum absolute atomic E-state index is 0.257. The minimum atomic E-state index is 0.257. The Balaban J connectivity index is 2.64. The van der Waals surface area contributed by atoms with Crippen molar-refractivity contribution in [2.45, 2.75) is 13.8 Å². The Hall–Kier alpha value is -2.18. The summed E-state index contributed by atoms with van der Waals surface area (Å²) in [7, 11) is 1.56. The van der Waals surface area contributed by atoms with E-state index in [2.05, 4.69) is 20.1 Å². The Morgan fingerprint density at radius 3 is 2.75 bits per heavy atom. The maximum absolute atomic E-state index is 5.70. The fourth-order valence-electron chi connectivity index (χ4n) is 1.36. The molecule has 0 atom stereocenters. The summed E-state index contributed by atoms with van der Waals surface area (Å²) in [5.41, 5.74) is 5.70. The van der Waals surface area contributed by atoms with E-state index in [9.17, 15) is 0 Å². The highest BCUT2D eigenvalue weighted by atomic mass is 16.5. The lowest BCUT2D eigenvalue weighted by Gasteiger charge is -1.97. The van der Waals surface area contributed by atoms with E-state index in [1.54, 1.807) is 20.1 Å². The smallest absolute Gasteiger partial charge is 0.257 e. The fourth-order valence-corrected chi connectivity index (χ4v) is 1.36. The van der Waals surface area contributed by atoms with Crippen LogP contribution < -0.4 is 5.73 Å². The predicted molar refractivity (Wildman–Crippen MR) is 58.4 cm³/mol. The van der Waals surface area contributed by atoms with E-state index in [0.717, 1.165) is 0 Å². The van der Waals surface area contributed by atoms with Crippen LogP contribution in [0.25, 0.3) is 11.5 Å². The van der Waals surface area contributed by atoms with E-state index >= 15 is 0 Å². The summed E-state index contributed by atoms with van der Waals surface area (Å²) < 4.78 is 6.50. The molecule has 7 heteroatoms. The average Bonchev–Trinajstić information content (AvgIpc) is 2.63. The monoisotopic (exact) mass is 220 g/mol. The van der Waals surface area contributed by atoms with Gasteiger partial charge in [-0.25, -0.2) is 0 Å². The molecule has 7 nitrogen and oxygen atoms in total. The molecule has 2 N–H and O–H groups in total. The summed E-state index contributed by atoms with van der Waals surface area (Å²) in [5, 5.41) is 4.16. The molecule has 84 valence electrons. The molecule has 2 aromatic heterocycles. The van der Waals surface area contributed by atoms with Crippen molar-refractivity contribution in [2.75, 3.05) is 12.8 Å². The van der Waals surface area contributed by atoms with Gasteiger partial charge < -0.3 is 10.5 Å². The first kappa shape index (κ1) is 10.3. The zero-order valence-corrected chi connectivity index (χ0v) is 9.30. The first-order valence-corrected chi connectivity index (χ1v) is 4.73. The van der Waals surface area contributed by atoms with Gasteiger partial charge in [-0.1, -0.05) is 0 Å². The lowest BCUT2D eigenvalue weighted by molar-refractivity contribution is 0.365. The second-order valence-corrected chi connectivity index (χ2v) is 3.13. The molecule has 0 aromatic carbocycles. The van der Waals surface area contributed by atoms with Crippen LogP contribution in [0.3, 0.4) is 0 Å². The summed E-state index contributed by atoms with van der Waals surface area (Å²) in [6.45, 7) is 3.59. The highest BCUT2D eigenvalue weighted by Crippen LogP contribution is 2.12. The topological polar surface area (TPSA) is 91.2 Å². The molecule has 0 radical (unpaired) electrons. The van der Waals surface area contributed by atoms with E-state index in [1.807, 2.05) is 6.92 Å². The van der Waals surface area contributed by atoms with Crippen molar-refractivity contribution in [1.82, 2.24) is 24.6 Å². The summed E-state index contributed by atoms with van der Waals surface area (Å²) >= 11 is 0. The van der Waals surface area contributed by atoms with Crippen LogP contribution in [0.2, 0.25) is 0 Å². The molecule has 0 unspecified atom stereocenters. The summed E-state index contributed by atoms with van der Waals surface area (Å²) in [6.07, 6.45) is 1.77. The number of methoxy groups -OCH3 is 1. The Labute approximate surface area is 92.0 Å².